The summed E-state index contributed by atoms with van der Waals surface area (Å²) in [6.07, 6.45) is 0.186. The largest absolute Gasteiger partial charge is 0.494 e. The summed E-state index contributed by atoms with van der Waals surface area (Å²) in [5.74, 6) is -0.608. The van der Waals surface area contributed by atoms with Crippen molar-refractivity contribution in [1.82, 2.24) is 10.2 Å². The molecule has 1 aromatic carbocycles. The zero-order chi connectivity index (χ0) is 17.5. The zero-order valence-electron chi connectivity index (χ0n) is 13.5. The van der Waals surface area contributed by atoms with E-state index in [1.54, 1.807) is 24.6 Å². The van der Waals surface area contributed by atoms with Gasteiger partial charge in [0.05, 0.1) is 7.11 Å². The highest BCUT2D eigenvalue weighted by molar-refractivity contribution is 7.08. The second-order valence-corrected chi connectivity index (χ2v) is 6.02. The molecule has 0 atom stereocenters. The summed E-state index contributed by atoms with van der Waals surface area (Å²) in [7, 11) is 3.04. The highest BCUT2D eigenvalue weighted by Crippen LogP contribution is 2.18. The molecule has 1 heterocycles. The summed E-state index contributed by atoms with van der Waals surface area (Å²) < 4.78 is 18.5. The number of nitrogens with one attached hydrogen (secondary N) is 1. The number of carbonyl (C=O) groups is 2. The van der Waals surface area contributed by atoms with Gasteiger partial charge in [-0.15, -0.1) is 0 Å². The van der Waals surface area contributed by atoms with Crippen molar-refractivity contribution in [2.45, 2.75) is 13.0 Å². The van der Waals surface area contributed by atoms with Crippen LogP contribution in [0.2, 0.25) is 0 Å². The molecule has 0 fully saturated rings. The molecule has 5 nitrogen and oxygen atoms in total. The van der Waals surface area contributed by atoms with Crippen LogP contribution in [0.5, 0.6) is 5.75 Å². The van der Waals surface area contributed by atoms with E-state index in [2.05, 4.69) is 5.32 Å². The van der Waals surface area contributed by atoms with E-state index in [4.69, 9.17) is 4.74 Å². The lowest BCUT2D eigenvalue weighted by Gasteiger charge is -2.18. The van der Waals surface area contributed by atoms with Gasteiger partial charge in [-0.3, -0.25) is 9.59 Å². The first kappa shape index (κ1) is 17.9. The van der Waals surface area contributed by atoms with Gasteiger partial charge in [0.1, 0.15) is 0 Å². The first-order valence-corrected chi connectivity index (χ1v) is 8.32. The fraction of sp³-hybridized carbons (Fsp3) is 0.294. The molecule has 0 saturated heterocycles. The topological polar surface area (TPSA) is 58.6 Å². The number of methoxy groups -OCH3 is 1. The average Bonchev–Trinajstić information content (AvgIpc) is 3.09. The van der Waals surface area contributed by atoms with Crippen molar-refractivity contribution >= 4 is 23.2 Å². The third-order valence-electron chi connectivity index (χ3n) is 3.47. The minimum absolute atomic E-state index is 0.128. The molecule has 0 aliphatic carbocycles. The van der Waals surface area contributed by atoms with E-state index in [-0.39, 0.29) is 37.1 Å². The normalized spacial score (nSPS) is 10.3. The van der Waals surface area contributed by atoms with Crippen LogP contribution in [0.3, 0.4) is 0 Å². The number of carbonyl (C=O) groups excluding carboxylic acids is 2. The van der Waals surface area contributed by atoms with Crippen molar-refractivity contribution in [3.63, 3.8) is 0 Å². The number of hydrogen-bond donors (Lipinski definition) is 1. The number of rotatable bonds is 7. The van der Waals surface area contributed by atoms with Gasteiger partial charge < -0.3 is 15.0 Å². The highest BCUT2D eigenvalue weighted by atomic mass is 32.1. The Kier molecular flexibility index (Phi) is 6.31. The molecule has 0 aliphatic rings. The number of amides is 2. The summed E-state index contributed by atoms with van der Waals surface area (Å²) in [4.78, 5) is 25.3. The Morgan fingerprint density at radius 1 is 1.33 bits per heavy atom. The van der Waals surface area contributed by atoms with Crippen LogP contribution < -0.4 is 10.1 Å². The molecule has 1 aromatic heterocycles. The maximum atomic E-state index is 13.7. The van der Waals surface area contributed by atoms with E-state index in [1.807, 2.05) is 5.38 Å². The Labute approximate surface area is 144 Å². The summed E-state index contributed by atoms with van der Waals surface area (Å²) in [6, 6.07) is 6.32. The molecule has 0 aliphatic heterocycles. The minimum atomic E-state index is -0.459. The summed E-state index contributed by atoms with van der Waals surface area (Å²) in [6.45, 7) is 0.549. The van der Waals surface area contributed by atoms with Gasteiger partial charge in [0, 0.05) is 37.5 Å². The van der Waals surface area contributed by atoms with Gasteiger partial charge in [0.15, 0.2) is 11.6 Å². The smallest absolute Gasteiger partial charge is 0.252 e. The molecule has 0 spiro atoms. The van der Waals surface area contributed by atoms with E-state index in [0.29, 0.717) is 11.1 Å². The fourth-order valence-electron chi connectivity index (χ4n) is 2.14. The third-order valence-corrected chi connectivity index (χ3v) is 4.15. The fourth-order valence-corrected chi connectivity index (χ4v) is 2.78. The SMILES string of the molecule is COc1ccc(CN(C)C(=O)CCNC(=O)c2ccsc2)cc1F. The number of ether oxygens (including phenoxy) is 1. The van der Waals surface area contributed by atoms with E-state index < -0.39 is 5.82 Å². The molecule has 0 bridgehead atoms. The number of hydrogen-bond acceptors (Lipinski definition) is 4. The van der Waals surface area contributed by atoms with Gasteiger partial charge in [0.25, 0.3) is 5.91 Å². The number of thiophene rings is 1. The van der Waals surface area contributed by atoms with E-state index in [1.165, 1.54) is 35.5 Å². The predicted octanol–water partition coefficient (Wildman–Crippen LogP) is 2.67. The average molecular weight is 350 g/mol. The Balaban J connectivity index is 1.79. The highest BCUT2D eigenvalue weighted by Gasteiger charge is 2.12. The van der Waals surface area contributed by atoms with E-state index in [0.717, 1.165) is 0 Å². The lowest BCUT2D eigenvalue weighted by atomic mass is 10.2. The first-order valence-electron chi connectivity index (χ1n) is 7.38. The predicted molar refractivity (Wildman–Crippen MR) is 90.7 cm³/mol. The lowest BCUT2D eigenvalue weighted by Crippen LogP contribution is -2.31. The van der Waals surface area contributed by atoms with Crippen molar-refractivity contribution in [3.05, 3.63) is 52.0 Å². The quantitative estimate of drug-likeness (QED) is 0.835. The van der Waals surface area contributed by atoms with Crippen LogP contribution in [0.15, 0.2) is 35.0 Å². The Morgan fingerprint density at radius 3 is 2.75 bits per heavy atom. The van der Waals surface area contributed by atoms with Gasteiger partial charge in [-0.25, -0.2) is 4.39 Å². The maximum Gasteiger partial charge on any atom is 0.252 e. The van der Waals surface area contributed by atoms with Gasteiger partial charge >= 0.3 is 0 Å². The van der Waals surface area contributed by atoms with Crippen LogP contribution in [0.1, 0.15) is 22.3 Å². The van der Waals surface area contributed by atoms with Crippen molar-refractivity contribution in [1.29, 1.82) is 0 Å². The van der Waals surface area contributed by atoms with Gasteiger partial charge in [-0.1, -0.05) is 6.07 Å². The van der Waals surface area contributed by atoms with E-state index in [9.17, 15) is 14.0 Å². The van der Waals surface area contributed by atoms with Crippen molar-refractivity contribution < 1.29 is 18.7 Å². The second kappa shape index (κ2) is 8.44. The second-order valence-electron chi connectivity index (χ2n) is 5.24. The lowest BCUT2D eigenvalue weighted by molar-refractivity contribution is -0.130. The molecule has 128 valence electrons. The van der Waals surface area contributed by atoms with Gasteiger partial charge in [0.2, 0.25) is 5.91 Å². The van der Waals surface area contributed by atoms with Crippen LogP contribution in [0.4, 0.5) is 4.39 Å². The molecule has 1 N–H and O–H groups in total. The van der Waals surface area contributed by atoms with Crippen LogP contribution in [0.25, 0.3) is 0 Å². The maximum absolute atomic E-state index is 13.7. The summed E-state index contributed by atoms with van der Waals surface area (Å²) >= 11 is 1.44. The Hall–Kier alpha value is -2.41. The number of nitrogens with zero attached hydrogens (tertiary/aromatic N) is 1. The first-order chi connectivity index (χ1) is 11.5. The van der Waals surface area contributed by atoms with Crippen LogP contribution in [0, 0.1) is 5.82 Å². The standard InChI is InChI=1S/C17H19FN2O3S/c1-20(10-12-3-4-15(23-2)14(18)9-12)16(21)5-7-19-17(22)13-6-8-24-11-13/h3-4,6,8-9,11H,5,7,10H2,1-2H3,(H,19,22). The monoisotopic (exact) mass is 350 g/mol. The molecule has 0 saturated carbocycles. The zero-order valence-corrected chi connectivity index (χ0v) is 14.4. The Bertz CT molecular complexity index is 704. The summed E-state index contributed by atoms with van der Waals surface area (Å²) in [5, 5.41) is 6.28. The van der Waals surface area contributed by atoms with Crippen LogP contribution >= 0.6 is 11.3 Å². The van der Waals surface area contributed by atoms with E-state index >= 15 is 0 Å². The Morgan fingerprint density at radius 2 is 2.12 bits per heavy atom. The van der Waals surface area contributed by atoms with Gasteiger partial charge in [-0.05, 0) is 29.1 Å². The summed E-state index contributed by atoms with van der Waals surface area (Å²) in [5.41, 5.74) is 1.26. The van der Waals surface area contributed by atoms with Crippen LogP contribution in [-0.4, -0.2) is 37.4 Å². The van der Waals surface area contributed by atoms with Crippen molar-refractivity contribution in [2.24, 2.45) is 0 Å². The van der Waals surface area contributed by atoms with Crippen molar-refractivity contribution in [3.8, 4) is 5.75 Å². The third kappa shape index (κ3) is 4.79. The molecule has 0 unspecified atom stereocenters. The number of benzene rings is 1. The van der Waals surface area contributed by atoms with Crippen LogP contribution in [-0.2, 0) is 11.3 Å². The molecule has 24 heavy (non-hydrogen) atoms. The molecule has 0 radical (unpaired) electrons. The molecule has 2 aromatic rings. The minimum Gasteiger partial charge on any atom is -0.494 e. The number of halogens is 1. The van der Waals surface area contributed by atoms with Crippen molar-refractivity contribution in [2.75, 3.05) is 20.7 Å². The molecular weight excluding hydrogens is 331 g/mol. The molecule has 7 heteroatoms. The molecule has 2 amide bonds. The van der Waals surface area contributed by atoms with Gasteiger partial charge in [-0.2, -0.15) is 11.3 Å². The molecular formula is C17H19FN2O3S. The molecule has 2 rings (SSSR count).